The first-order chi connectivity index (χ1) is 12.0. The fourth-order valence-corrected chi connectivity index (χ4v) is 3.75. The van der Waals surface area contributed by atoms with Crippen molar-refractivity contribution in [3.05, 3.63) is 23.7 Å². The number of rotatable bonds is 8. The Labute approximate surface area is 149 Å². The summed E-state index contributed by atoms with van der Waals surface area (Å²) in [5, 5.41) is 12.4. The van der Waals surface area contributed by atoms with Crippen molar-refractivity contribution in [2.75, 3.05) is 6.54 Å². The first-order valence-electron chi connectivity index (χ1n) is 9.53. The molecule has 5 heteroatoms. The second-order valence-corrected chi connectivity index (χ2v) is 8.40. The number of hydrogen-bond acceptors (Lipinski definition) is 4. The van der Waals surface area contributed by atoms with Gasteiger partial charge in [0.05, 0.1) is 19.2 Å². The molecule has 0 unspecified atom stereocenters. The summed E-state index contributed by atoms with van der Waals surface area (Å²) >= 11 is 0. The van der Waals surface area contributed by atoms with Crippen LogP contribution in [-0.4, -0.2) is 28.9 Å². The predicted octanol–water partition coefficient (Wildman–Crippen LogP) is 3.18. The van der Waals surface area contributed by atoms with Gasteiger partial charge < -0.3 is 9.73 Å². The van der Waals surface area contributed by atoms with E-state index in [1.807, 2.05) is 6.92 Å². The van der Waals surface area contributed by atoms with Gasteiger partial charge in [0, 0.05) is 12.0 Å². The Morgan fingerprint density at radius 2 is 2.12 bits per heavy atom. The van der Waals surface area contributed by atoms with Gasteiger partial charge in [-0.1, -0.05) is 6.92 Å². The zero-order valence-corrected chi connectivity index (χ0v) is 15.1. The van der Waals surface area contributed by atoms with Gasteiger partial charge in [-0.3, -0.25) is 9.69 Å². The maximum atomic E-state index is 12.5. The minimum absolute atomic E-state index is 0.0505. The zero-order valence-electron chi connectivity index (χ0n) is 15.1. The molecular formula is C20H27N3O2. The van der Waals surface area contributed by atoms with Gasteiger partial charge in [-0.05, 0) is 63.0 Å². The summed E-state index contributed by atoms with van der Waals surface area (Å²) in [4.78, 5) is 14.7. The van der Waals surface area contributed by atoms with Crippen molar-refractivity contribution in [2.45, 2.75) is 70.0 Å². The van der Waals surface area contributed by atoms with Crippen LogP contribution in [0.2, 0.25) is 0 Å². The molecule has 1 aromatic rings. The summed E-state index contributed by atoms with van der Waals surface area (Å²) in [7, 11) is 0. The van der Waals surface area contributed by atoms with Gasteiger partial charge >= 0.3 is 0 Å². The lowest BCUT2D eigenvalue weighted by Gasteiger charge is -2.26. The maximum absolute atomic E-state index is 12.5. The Balaban J connectivity index is 1.36. The number of hydrogen-bond donors (Lipinski definition) is 1. The number of carbonyl (C=O) groups excluding carboxylic acids is 1. The zero-order chi connectivity index (χ0) is 17.6. The van der Waals surface area contributed by atoms with Crippen molar-refractivity contribution in [3.8, 4) is 6.07 Å². The molecule has 3 aliphatic rings. The van der Waals surface area contributed by atoms with E-state index in [4.69, 9.17) is 4.42 Å². The molecule has 25 heavy (non-hydrogen) atoms. The highest BCUT2D eigenvalue weighted by Crippen LogP contribution is 2.47. The van der Waals surface area contributed by atoms with E-state index >= 15 is 0 Å². The fourth-order valence-electron chi connectivity index (χ4n) is 3.75. The molecule has 1 amide bonds. The lowest BCUT2D eigenvalue weighted by Crippen LogP contribution is -2.50. The Kier molecular flexibility index (Phi) is 4.11. The van der Waals surface area contributed by atoms with Gasteiger partial charge in [-0.15, -0.1) is 0 Å². The highest BCUT2D eigenvalue weighted by atomic mass is 16.3. The molecule has 1 N–H and O–H groups in total. The summed E-state index contributed by atoms with van der Waals surface area (Å²) < 4.78 is 6.01. The number of carbonyl (C=O) groups is 1. The van der Waals surface area contributed by atoms with Crippen molar-refractivity contribution in [3.63, 3.8) is 0 Å². The van der Waals surface area contributed by atoms with Gasteiger partial charge in [-0.25, -0.2) is 0 Å². The molecule has 0 aliphatic heterocycles. The fraction of sp³-hybridized carbons (Fsp3) is 0.700. The molecule has 0 spiro atoms. The third-order valence-corrected chi connectivity index (χ3v) is 5.95. The standard InChI is InChI=1S/C20H27N3O2/c1-13-9-17(13)18-8-7-16(25-18)10-23(15-5-6-15)11-19(24)22-20(2,12-21)14-3-4-14/h7-8,13-15,17H,3-6,9-11H2,1-2H3,(H,22,24)/t13-,17-,20-/m1/s1. The van der Waals surface area contributed by atoms with E-state index in [-0.39, 0.29) is 5.91 Å². The molecule has 3 fully saturated rings. The smallest absolute Gasteiger partial charge is 0.235 e. The first kappa shape index (κ1) is 16.7. The number of furan rings is 1. The quantitative estimate of drug-likeness (QED) is 0.788. The van der Waals surface area contributed by atoms with E-state index in [1.165, 1.54) is 6.42 Å². The number of amides is 1. The van der Waals surface area contributed by atoms with E-state index in [0.29, 0.717) is 31.0 Å². The van der Waals surface area contributed by atoms with Crippen LogP contribution in [0.5, 0.6) is 0 Å². The summed E-state index contributed by atoms with van der Waals surface area (Å²) in [5.41, 5.74) is -0.716. The van der Waals surface area contributed by atoms with E-state index in [0.717, 1.165) is 43.1 Å². The summed E-state index contributed by atoms with van der Waals surface area (Å²) in [6, 6.07) is 6.91. The molecule has 134 valence electrons. The van der Waals surface area contributed by atoms with E-state index < -0.39 is 5.54 Å². The van der Waals surface area contributed by atoms with E-state index in [1.54, 1.807) is 0 Å². The Hall–Kier alpha value is -1.80. The van der Waals surface area contributed by atoms with Crippen LogP contribution >= 0.6 is 0 Å². The van der Waals surface area contributed by atoms with Crippen molar-refractivity contribution < 1.29 is 9.21 Å². The highest BCUT2D eigenvalue weighted by molar-refractivity contribution is 5.79. The molecule has 3 aliphatic carbocycles. The van der Waals surface area contributed by atoms with Crippen LogP contribution in [0.25, 0.3) is 0 Å². The van der Waals surface area contributed by atoms with Crippen LogP contribution in [0, 0.1) is 23.2 Å². The van der Waals surface area contributed by atoms with Gasteiger partial charge in [0.2, 0.25) is 5.91 Å². The molecule has 3 saturated carbocycles. The van der Waals surface area contributed by atoms with Crippen molar-refractivity contribution in [1.29, 1.82) is 5.26 Å². The van der Waals surface area contributed by atoms with Gasteiger partial charge in [0.25, 0.3) is 0 Å². The molecule has 0 saturated heterocycles. The van der Waals surface area contributed by atoms with Gasteiger partial charge in [-0.2, -0.15) is 5.26 Å². The molecule has 4 rings (SSSR count). The lowest BCUT2D eigenvalue weighted by atomic mass is 9.98. The summed E-state index contributed by atoms with van der Waals surface area (Å²) in [6.45, 7) is 5.11. The molecule has 5 nitrogen and oxygen atoms in total. The van der Waals surface area contributed by atoms with E-state index in [2.05, 4.69) is 35.3 Å². The number of nitrogens with one attached hydrogen (secondary N) is 1. The third-order valence-electron chi connectivity index (χ3n) is 5.95. The SMILES string of the molecule is C[C@@H]1C[C@H]1c1ccc(CN(CC(=O)N[C@](C)(C#N)C2CC2)C2CC2)o1. The number of nitrogens with zero attached hydrogens (tertiary/aromatic N) is 2. The molecule has 3 atom stereocenters. The monoisotopic (exact) mass is 341 g/mol. The van der Waals surface area contributed by atoms with Crippen LogP contribution in [0.3, 0.4) is 0 Å². The molecule has 0 radical (unpaired) electrons. The number of nitriles is 1. The molecule has 1 aromatic heterocycles. The third kappa shape index (κ3) is 3.74. The van der Waals surface area contributed by atoms with Crippen LogP contribution < -0.4 is 5.32 Å². The second-order valence-electron chi connectivity index (χ2n) is 8.40. The summed E-state index contributed by atoms with van der Waals surface area (Å²) in [6.07, 6.45) is 5.56. The molecular weight excluding hydrogens is 314 g/mol. The van der Waals surface area contributed by atoms with E-state index in [9.17, 15) is 10.1 Å². The maximum Gasteiger partial charge on any atom is 0.235 e. The van der Waals surface area contributed by atoms with Crippen LogP contribution in [0.15, 0.2) is 16.5 Å². The Morgan fingerprint density at radius 3 is 2.68 bits per heavy atom. The van der Waals surface area contributed by atoms with Crippen LogP contribution in [0.4, 0.5) is 0 Å². The summed E-state index contributed by atoms with van der Waals surface area (Å²) in [5.74, 6) is 3.61. The van der Waals surface area contributed by atoms with Crippen LogP contribution in [-0.2, 0) is 11.3 Å². The average molecular weight is 341 g/mol. The lowest BCUT2D eigenvalue weighted by molar-refractivity contribution is -0.124. The van der Waals surface area contributed by atoms with Crippen molar-refractivity contribution in [1.82, 2.24) is 10.2 Å². The van der Waals surface area contributed by atoms with Crippen molar-refractivity contribution in [2.24, 2.45) is 11.8 Å². The minimum Gasteiger partial charge on any atom is -0.464 e. The normalized spacial score (nSPS) is 27.6. The average Bonchev–Trinajstić information content (AvgIpc) is 3.43. The van der Waals surface area contributed by atoms with Crippen LogP contribution in [0.1, 0.15) is 63.4 Å². The Morgan fingerprint density at radius 1 is 1.40 bits per heavy atom. The molecule has 1 heterocycles. The van der Waals surface area contributed by atoms with Gasteiger partial charge in [0.15, 0.2) is 0 Å². The predicted molar refractivity (Wildman–Crippen MR) is 93.5 cm³/mol. The minimum atomic E-state index is -0.716. The molecule has 0 aromatic carbocycles. The van der Waals surface area contributed by atoms with Crippen molar-refractivity contribution >= 4 is 5.91 Å². The second kappa shape index (κ2) is 6.17. The topological polar surface area (TPSA) is 69.3 Å². The first-order valence-corrected chi connectivity index (χ1v) is 9.53. The molecule has 0 bridgehead atoms. The van der Waals surface area contributed by atoms with Gasteiger partial charge in [0.1, 0.15) is 17.1 Å². The highest BCUT2D eigenvalue weighted by Gasteiger charge is 2.43. The largest absolute Gasteiger partial charge is 0.464 e. The Bertz CT molecular complexity index is 698.